The van der Waals surface area contributed by atoms with E-state index in [4.69, 9.17) is 23.2 Å². The third-order valence-electron chi connectivity index (χ3n) is 4.91. The van der Waals surface area contributed by atoms with E-state index in [0.717, 1.165) is 35.7 Å². The van der Waals surface area contributed by atoms with Crippen molar-refractivity contribution < 1.29 is 0 Å². The van der Waals surface area contributed by atoms with Crippen molar-refractivity contribution in [2.45, 2.75) is 105 Å². The molecular formula is C22H36Cl2. The average Bonchev–Trinajstić information content (AvgIpc) is 2.59. The number of rotatable bonds is 12. The number of hydrogen-bond donors (Lipinski definition) is 0. The van der Waals surface area contributed by atoms with Gasteiger partial charge in [0.15, 0.2) is 0 Å². The lowest BCUT2D eigenvalue weighted by Gasteiger charge is -2.22. The summed E-state index contributed by atoms with van der Waals surface area (Å²) in [6, 6.07) is 0. The van der Waals surface area contributed by atoms with Crippen molar-refractivity contribution >= 4 is 23.2 Å². The van der Waals surface area contributed by atoms with Gasteiger partial charge < -0.3 is 0 Å². The van der Waals surface area contributed by atoms with Crippen LogP contribution in [0.2, 0.25) is 10.0 Å². The van der Waals surface area contributed by atoms with Crippen molar-refractivity contribution in [2.75, 3.05) is 0 Å². The first-order valence-corrected chi connectivity index (χ1v) is 10.9. The molecule has 24 heavy (non-hydrogen) atoms. The maximum Gasteiger partial charge on any atom is 0.0476 e. The van der Waals surface area contributed by atoms with Gasteiger partial charge in [0.1, 0.15) is 0 Å². The Morgan fingerprint density at radius 2 is 0.667 bits per heavy atom. The molecule has 138 valence electrons. The third-order valence-corrected chi connectivity index (χ3v) is 5.82. The molecule has 0 aromatic heterocycles. The Kier molecular flexibility index (Phi) is 11.1. The van der Waals surface area contributed by atoms with Crippen molar-refractivity contribution in [3.8, 4) is 0 Å². The van der Waals surface area contributed by atoms with Crippen molar-refractivity contribution in [3.63, 3.8) is 0 Å². The van der Waals surface area contributed by atoms with Crippen LogP contribution in [-0.4, -0.2) is 0 Å². The summed E-state index contributed by atoms with van der Waals surface area (Å²) in [4.78, 5) is 0. The fourth-order valence-electron chi connectivity index (χ4n) is 3.35. The second-order valence-corrected chi connectivity index (χ2v) is 7.71. The van der Waals surface area contributed by atoms with Crippen LogP contribution in [0.1, 0.15) is 101 Å². The average molecular weight is 371 g/mol. The van der Waals surface area contributed by atoms with E-state index in [1.807, 2.05) is 0 Å². The predicted molar refractivity (Wildman–Crippen MR) is 111 cm³/mol. The maximum atomic E-state index is 6.96. The highest BCUT2D eigenvalue weighted by atomic mass is 35.5. The largest absolute Gasteiger partial charge is 0.0837 e. The summed E-state index contributed by atoms with van der Waals surface area (Å²) in [7, 11) is 0. The maximum absolute atomic E-state index is 6.96. The zero-order chi connectivity index (χ0) is 17.9. The molecule has 0 nitrogen and oxygen atoms in total. The van der Waals surface area contributed by atoms with E-state index in [1.54, 1.807) is 0 Å². The molecule has 2 heteroatoms. The van der Waals surface area contributed by atoms with Gasteiger partial charge in [0, 0.05) is 10.0 Å². The summed E-state index contributed by atoms with van der Waals surface area (Å²) in [5.74, 6) is 0. The number of hydrogen-bond acceptors (Lipinski definition) is 0. The van der Waals surface area contributed by atoms with E-state index < -0.39 is 0 Å². The van der Waals surface area contributed by atoms with Crippen LogP contribution >= 0.6 is 23.2 Å². The molecular weight excluding hydrogens is 335 g/mol. The summed E-state index contributed by atoms with van der Waals surface area (Å²) < 4.78 is 0. The first kappa shape index (κ1) is 21.8. The van der Waals surface area contributed by atoms with E-state index in [2.05, 4.69) is 27.7 Å². The van der Waals surface area contributed by atoms with Crippen LogP contribution in [0.15, 0.2) is 0 Å². The molecule has 0 atom stereocenters. The van der Waals surface area contributed by atoms with Crippen LogP contribution in [-0.2, 0) is 25.7 Å². The Morgan fingerprint density at radius 1 is 0.458 bits per heavy atom. The van der Waals surface area contributed by atoms with Gasteiger partial charge in [0.25, 0.3) is 0 Å². The number of halogens is 2. The third kappa shape index (κ3) is 5.95. The van der Waals surface area contributed by atoms with E-state index >= 15 is 0 Å². The minimum absolute atomic E-state index is 1.04. The van der Waals surface area contributed by atoms with E-state index in [1.165, 1.54) is 73.6 Å². The quantitative estimate of drug-likeness (QED) is 0.346. The van der Waals surface area contributed by atoms with Gasteiger partial charge in [-0.25, -0.2) is 0 Å². The standard InChI is InChI=1S/C22H36Cl2/c1-5-9-13-17-18(14-10-6-2)22(24)20(16-12-8-4)19(21(17)23)15-11-7-3/h5-16H2,1-4H3. The van der Waals surface area contributed by atoms with Gasteiger partial charge in [0.05, 0.1) is 0 Å². The molecule has 0 radical (unpaired) electrons. The Hall–Kier alpha value is -0.200. The van der Waals surface area contributed by atoms with E-state index in [0.29, 0.717) is 0 Å². The molecule has 0 aliphatic carbocycles. The second kappa shape index (κ2) is 12.2. The van der Waals surface area contributed by atoms with Crippen molar-refractivity contribution in [1.29, 1.82) is 0 Å². The highest BCUT2D eigenvalue weighted by molar-refractivity contribution is 6.35. The van der Waals surface area contributed by atoms with Gasteiger partial charge in [-0.15, -0.1) is 0 Å². The molecule has 0 N–H and O–H groups in total. The Morgan fingerprint density at radius 3 is 0.833 bits per heavy atom. The van der Waals surface area contributed by atoms with Gasteiger partial charge in [0.2, 0.25) is 0 Å². The summed E-state index contributed by atoms with van der Waals surface area (Å²) in [6.45, 7) is 8.98. The van der Waals surface area contributed by atoms with Gasteiger partial charge in [-0.05, 0) is 73.6 Å². The molecule has 0 aliphatic heterocycles. The molecule has 0 saturated heterocycles. The summed E-state index contributed by atoms with van der Waals surface area (Å²) >= 11 is 13.9. The number of benzene rings is 1. The Bertz CT molecular complexity index is 405. The smallest absolute Gasteiger partial charge is 0.0476 e. The fourth-order valence-corrected chi connectivity index (χ4v) is 4.19. The van der Waals surface area contributed by atoms with Gasteiger partial charge in [-0.2, -0.15) is 0 Å². The SMILES string of the molecule is CCCCc1c(Cl)c(CCCC)c(CCCC)c(Cl)c1CCCC. The molecule has 0 amide bonds. The zero-order valence-corrected chi connectivity index (χ0v) is 17.8. The van der Waals surface area contributed by atoms with Gasteiger partial charge >= 0.3 is 0 Å². The topological polar surface area (TPSA) is 0 Å². The summed E-state index contributed by atoms with van der Waals surface area (Å²) in [5, 5.41) is 2.08. The zero-order valence-electron chi connectivity index (χ0n) is 16.2. The van der Waals surface area contributed by atoms with Crippen LogP contribution in [0.4, 0.5) is 0 Å². The molecule has 0 aliphatic rings. The first-order valence-electron chi connectivity index (χ1n) is 10.1. The van der Waals surface area contributed by atoms with Gasteiger partial charge in [-0.1, -0.05) is 76.6 Å². The summed E-state index contributed by atoms with van der Waals surface area (Å²) in [5.41, 5.74) is 5.40. The summed E-state index contributed by atoms with van der Waals surface area (Å²) in [6.07, 6.45) is 13.8. The monoisotopic (exact) mass is 370 g/mol. The van der Waals surface area contributed by atoms with E-state index in [-0.39, 0.29) is 0 Å². The fraction of sp³-hybridized carbons (Fsp3) is 0.727. The van der Waals surface area contributed by atoms with Crippen molar-refractivity contribution in [2.24, 2.45) is 0 Å². The van der Waals surface area contributed by atoms with Crippen LogP contribution in [0.3, 0.4) is 0 Å². The van der Waals surface area contributed by atoms with Crippen molar-refractivity contribution in [3.05, 3.63) is 32.3 Å². The van der Waals surface area contributed by atoms with E-state index in [9.17, 15) is 0 Å². The lowest BCUT2D eigenvalue weighted by atomic mass is 9.88. The predicted octanol–water partition coefficient (Wildman–Crippen LogP) is 8.36. The molecule has 0 saturated carbocycles. The van der Waals surface area contributed by atoms with Crippen LogP contribution in [0, 0.1) is 0 Å². The molecule has 0 unspecified atom stereocenters. The van der Waals surface area contributed by atoms with Crippen LogP contribution in [0.25, 0.3) is 0 Å². The van der Waals surface area contributed by atoms with Crippen LogP contribution in [0.5, 0.6) is 0 Å². The Balaban J connectivity index is 3.39. The van der Waals surface area contributed by atoms with Gasteiger partial charge in [-0.3, -0.25) is 0 Å². The molecule has 0 spiro atoms. The van der Waals surface area contributed by atoms with Crippen LogP contribution < -0.4 is 0 Å². The number of unbranched alkanes of at least 4 members (excludes halogenated alkanes) is 4. The molecule has 0 fully saturated rings. The second-order valence-electron chi connectivity index (χ2n) is 6.96. The lowest BCUT2D eigenvalue weighted by Crippen LogP contribution is -2.07. The molecule has 1 aromatic rings. The highest BCUT2D eigenvalue weighted by Crippen LogP contribution is 2.38. The molecule has 1 rings (SSSR count). The molecule has 1 aromatic carbocycles. The molecule has 0 bridgehead atoms. The highest BCUT2D eigenvalue weighted by Gasteiger charge is 2.20. The van der Waals surface area contributed by atoms with Crippen molar-refractivity contribution in [1.82, 2.24) is 0 Å². The normalized spacial score (nSPS) is 11.2. The first-order chi connectivity index (χ1) is 11.6. The minimum Gasteiger partial charge on any atom is -0.0837 e. The lowest BCUT2D eigenvalue weighted by molar-refractivity contribution is 0.735. The molecule has 0 heterocycles. The minimum atomic E-state index is 1.04. The Labute approximate surface area is 160 Å².